The van der Waals surface area contributed by atoms with Crippen LogP contribution in [-0.2, 0) is 23.0 Å². The minimum atomic E-state index is -3.74. The van der Waals surface area contributed by atoms with Crippen molar-refractivity contribution in [3.63, 3.8) is 0 Å². The first-order valence-corrected chi connectivity index (χ1v) is 11.6. The van der Waals surface area contributed by atoms with Gasteiger partial charge in [-0.05, 0) is 57.7 Å². The highest BCUT2D eigenvalue weighted by Crippen LogP contribution is 2.26. The van der Waals surface area contributed by atoms with Gasteiger partial charge in [-0.15, -0.1) is 0 Å². The molecule has 0 spiro atoms. The maximum atomic E-state index is 12.7. The molecular formula is C19H18BrCl2N3O2S. The van der Waals surface area contributed by atoms with Gasteiger partial charge in [0.25, 0.3) is 10.0 Å². The number of halogens is 3. The first-order chi connectivity index (χ1) is 13.3. The Hall–Kier alpha value is -1.54. The van der Waals surface area contributed by atoms with Gasteiger partial charge in [-0.2, -0.15) is 5.10 Å². The number of aromatic nitrogens is 2. The van der Waals surface area contributed by atoms with E-state index in [1.807, 2.05) is 18.2 Å². The molecule has 0 unspecified atom stereocenters. The number of aryl methyl sites for hydroxylation is 1. The van der Waals surface area contributed by atoms with Gasteiger partial charge in [-0.25, -0.2) is 8.42 Å². The summed E-state index contributed by atoms with van der Waals surface area (Å²) in [5.74, 6) is 0.211. The third-order valence-corrected chi connectivity index (χ3v) is 6.59. The van der Waals surface area contributed by atoms with Gasteiger partial charge in [-0.1, -0.05) is 54.7 Å². The van der Waals surface area contributed by atoms with Crippen molar-refractivity contribution in [1.82, 2.24) is 9.78 Å². The van der Waals surface area contributed by atoms with Crippen LogP contribution in [0.5, 0.6) is 0 Å². The monoisotopic (exact) mass is 501 g/mol. The quantitative estimate of drug-likeness (QED) is 0.447. The Labute approximate surface area is 182 Å². The predicted molar refractivity (Wildman–Crippen MR) is 117 cm³/mol. The topological polar surface area (TPSA) is 64.0 Å². The summed E-state index contributed by atoms with van der Waals surface area (Å²) in [6, 6.07) is 12.1. The van der Waals surface area contributed by atoms with Gasteiger partial charge in [0.2, 0.25) is 0 Å². The largest absolute Gasteiger partial charge is 0.265 e. The van der Waals surface area contributed by atoms with Crippen molar-refractivity contribution < 1.29 is 8.42 Å². The van der Waals surface area contributed by atoms with Crippen LogP contribution in [0, 0.1) is 0 Å². The van der Waals surface area contributed by atoms with E-state index in [4.69, 9.17) is 23.2 Å². The second-order valence-corrected chi connectivity index (χ2v) is 9.64. The first-order valence-electron chi connectivity index (χ1n) is 8.57. The summed E-state index contributed by atoms with van der Waals surface area (Å²) in [7, 11) is -3.74. The van der Waals surface area contributed by atoms with Gasteiger partial charge < -0.3 is 0 Å². The van der Waals surface area contributed by atoms with Crippen molar-refractivity contribution in [3.05, 3.63) is 74.3 Å². The second-order valence-electron chi connectivity index (χ2n) is 6.26. The molecule has 148 valence electrons. The zero-order chi connectivity index (χ0) is 20.3. The van der Waals surface area contributed by atoms with Crippen molar-refractivity contribution in [3.8, 4) is 0 Å². The van der Waals surface area contributed by atoms with E-state index in [1.165, 1.54) is 0 Å². The number of rotatable bonds is 7. The summed E-state index contributed by atoms with van der Waals surface area (Å²) in [5.41, 5.74) is 1.92. The Morgan fingerprint density at radius 3 is 2.50 bits per heavy atom. The zero-order valence-electron chi connectivity index (χ0n) is 15.0. The Morgan fingerprint density at radius 2 is 1.86 bits per heavy atom. The second kappa shape index (κ2) is 8.86. The molecule has 1 aromatic heterocycles. The molecular weight excluding hydrogens is 485 g/mol. The molecule has 28 heavy (non-hydrogen) atoms. The standard InChI is InChI=1S/C19H18BrCl2N3O2S/c1-2-3-13-4-8-16(9-5-13)28(26,27)24-19-17(20)12-25(23-19)11-14-6-7-15(21)10-18(14)22/h4-10,12H,2-3,11H2,1H3,(H,23,24). The van der Waals surface area contributed by atoms with E-state index >= 15 is 0 Å². The number of benzene rings is 2. The van der Waals surface area contributed by atoms with Crippen LogP contribution in [0.2, 0.25) is 10.0 Å². The summed E-state index contributed by atoms with van der Waals surface area (Å²) in [4.78, 5) is 0.189. The molecule has 0 aliphatic heterocycles. The molecule has 3 rings (SSSR count). The van der Waals surface area contributed by atoms with E-state index in [0.717, 1.165) is 24.0 Å². The zero-order valence-corrected chi connectivity index (χ0v) is 18.9. The number of nitrogens with zero attached hydrogens (tertiary/aromatic N) is 2. The highest BCUT2D eigenvalue weighted by Gasteiger charge is 2.18. The molecule has 1 heterocycles. The van der Waals surface area contributed by atoms with E-state index in [2.05, 4.69) is 32.7 Å². The van der Waals surface area contributed by atoms with Gasteiger partial charge in [0.05, 0.1) is 15.9 Å². The van der Waals surface area contributed by atoms with Gasteiger partial charge in [0, 0.05) is 16.2 Å². The van der Waals surface area contributed by atoms with Crippen LogP contribution in [-0.4, -0.2) is 18.2 Å². The highest BCUT2D eigenvalue weighted by molar-refractivity contribution is 9.10. The molecule has 0 aliphatic carbocycles. The molecule has 9 heteroatoms. The Kier molecular flexibility index (Phi) is 6.70. The molecule has 5 nitrogen and oxygen atoms in total. The summed E-state index contributed by atoms with van der Waals surface area (Å²) < 4.78 is 30.0. The van der Waals surface area contributed by atoms with Gasteiger partial charge in [-0.3, -0.25) is 9.40 Å². The molecule has 0 radical (unpaired) electrons. The summed E-state index contributed by atoms with van der Waals surface area (Å²) in [6.45, 7) is 2.46. The molecule has 0 aliphatic rings. The fourth-order valence-electron chi connectivity index (χ4n) is 2.68. The van der Waals surface area contributed by atoms with Crippen LogP contribution >= 0.6 is 39.1 Å². The predicted octanol–water partition coefficient (Wildman–Crippen LogP) is 5.75. The van der Waals surface area contributed by atoms with Gasteiger partial charge in [0.15, 0.2) is 5.82 Å². The number of anilines is 1. The fourth-order valence-corrected chi connectivity index (χ4v) is 4.71. The fraction of sp³-hybridized carbons (Fsp3) is 0.211. The van der Waals surface area contributed by atoms with Crippen LogP contribution in [0.15, 0.2) is 58.0 Å². The Balaban J connectivity index is 1.78. The molecule has 0 fully saturated rings. The van der Waals surface area contributed by atoms with Crippen molar-refractivity contribution in [2.24, 2.45) is 0 Å². The average Bonchev–Trinajstić information content (AvgIpc) is 2.97. The lowest BCUT2D eigenvalue weighted by molar-refractivity contribution is 0.600. The number of hydrogen-bond acceptors (Lipinski definition) is 3. The molecule has 0 atom stereocenters. The molecule has 3 aromatic rings. The molecule has 0 bridgehead atoms. The summed E-state index contributed by atoms with van der Waals surface area (Å²) >= 11 is 15.5. The van der Waals surface area contributed by atoms with Crippen molar-refractivity contribution in [2.45, 2.75) is 31.2 Å². The SMILES string of the molecule is CCCc1ccc(S(=O)(=O)Nc2nn(Cc3ccc(Cl)cc3Cl)cc2Br)cc1. The van der Waals surface area contributed by atoms with E-state index in [0.29, 0.717) is 21.1 Å². The van der Waals surface area contributed by atoms with Crippen LogP contribution in [0.1, 0.15) is 24.5 Å². The molecule has 1 N–H and O–H groups in total. The van der Waals surface area contributed by atoms with Crippen molar-refractivity contribution >= 4 is 55.0 Å². The van der Waals surface area contributed by atoms with Crippen LogP contribution < -0.4 is 4.72 Å². The smallest absolute Gasteiger partial charge is 0.263 e. The Morgan fingerprint density at radius 1 is 1.14 bits per heavy atom. The normalized spacial score (nSPS) is 11.6. The van der Waals surface area contributed by atoms with Crippen LogP contribution in [0.3, 0.4) is 0 Å². The van der Waals surface area contributed by atoms with Crippen LogP contribution in [0.4, 0.5) is 5.82 Å². The van der Waals surface area contributed by atoms with Gasteiger partial charge >= 0.3 is 0 Å². The lowest BCUT2D eigenvalue weighted by atomic mass is 10.1. The maximum absolute atomic E-state index is 12.7. The molecule has 0 saturated heterocycles. The van der Waals surface area contributed by atoms with E-state index < -0.39 is 10.0 Å². The summed E-state index contributed by atoms with van der Waals surface area (Å²) in [5, 5.41) is 5.39. The summed E-state index contributed by atoms with van der Waals surface area (Å²) in [6.07, 6.45) is 3.61. The maximum Gasteiger partial charge on any atom is 0.263 e. The van der Waals surface area contributed by atoms with E-state index in [9.17, 15) is 8.42 Å². The highest BCUT2D eigenvalue weighted by atomic mass is 79.9. The van der Waals surface area contributed by atoms with Gasteiger partial charge in [0.1, 0.15) is 0 Å². The number of nitrogens with one attached hydrogen (secondary N) is 1. The average molecular weight is 503 g/mol. The minimum Gasteiger partial charge on any atom is -0.265 e. The first kappa shape index (κ1) is 21.2. The number of hydrogen-bond donors (Lipinski definition) is 1. The number of sulfonamides is 1. The molecule has 0 amide bonds. The molecule has 0 saturated carbocycles. The minimum absolute atomic E-state index is 0.189. The van der Waals surface area contributed by atoms with Crippen LogP contribution in [0.25, 0.3) is 0 Å². The van der Waals surface area contributed by atoms with E-state index in [1.54, 1.807) is 35.1 Å². The lowest BCUT2D eigenvalue weighted by Crippen LogP contribution is -2.14. The van der Waals surface area contributed by atoms with Crippen molar-refractivity contribution in [1.29, 1.82) is 0 Å². The third-order valence-electron chi connectivity index (χ3n) is 4.07. The lowest BCUT2D eigenvalue weighted by Gasteiger charge is -2.07. The molecule has 2 aromatic carbocycles. The van der Waals surface area contributed by atoms with E-state index in [-0.39, 0.29) is 10.7 Å². The van der Waals surface area contributed by atoms with Crippen molar-refractivity contribution in [2.75, 3.05) is 4.72 Å². The Bertz CT molecular complexity index is 1080. The third kappa shape index (κ3) is 5.08.